The SMILES string of the molecule is Cc1ccc(Cl)c2c1[C@H](N)CO2. The summed E-state index contributed by atoms with van der Waals surface area (Å²) in [5.74, 6) is 0.768. The fourth-order valence-corrected chi connectivity index (χ4v) is 1.75. The first-order valence-electron chi connectivity index (χ1n) is 3.87. The van der Waals surface area contributed by atoms with Crippen molar-refractivity contribution in [2.75, 3.05) is 6.61 Å². The molecule has 1 atom stereocenters. The predicted octanol–water partition coefficient (Wildman–Crippen LogP) is 2.04. The summed E-state index contributed by atoms with van der Waals surface area (Å²) in [5, 5.41) is 0.656. The van der Waals surface area contributed by atoms with Crippen molar-refractivity contribution in [3.8, 4) is 5.75 Å². The van der Waals surface area contributed by atoms with Gasteiger partial charge in [0.2, 0.25) is 0 Å². The Morgan fingerprint density at radius 2 is 2.33 bits per heavy atom. The topological polar surface area (TPSA) is 35.2 Å². The largest absolute Gasteiger partial charge is 0.490 e. The van der Waals surface area contributed by atoms with Crippen LogP contribution in [0.2, 0.25) is 5.02 Å². The molecule has 0 amide bonds. The van der Waals surface area contributed by atoms with Gasteiger partial charge in [0, 0.05) is 5.56 Å². The summed E-state index contributed by atoms with van der Waals surface area (Å²) in [4.78, 5) is 0. The van der Waals surface area contributed by atoms with Gasteiger partial charge >= 0.3 is 0 Å². The minimum absolute atomic E-state index is 0.0151. The van der Waals surface area contributed by atoms with Crippen LogP contribution in [0.5, 0.6) is 5.75 Å². The quantitative estimate of drug-likeness (QED) is 0.668. The number of rotatable bonds is 0. The maximum Gasteiger partial charge on any atom is 0.143 e. The number of benzene rings is 1. The molecular formula is C9H10ClNO. The molecule has 0 aliphatic carbocycles. The maximum atomic E-state index is 5.93. The molecule has 0 spiro atoms. The zero-order chi connectivity index (χ0) is 8.72. The Bertz CT molecular complexity index is 325. The van der Waals surface area contributed by atoms with Crippen LogP contribution in [0.15, 0.2) is 12.1 Å². The third-order valence-electron chi connectivity index (χ3n) is 2.14. The lowest BCUT2D eigenvalue weighted by Gasteiger charge is -2.05. The first-order chi connectivity index (χ1) is 5.70. The second-order valence-corrected chi connectivity index (χ2v) is 3.43. The molecule has 1 aromatic carbocycles. The van der Waals surface area contributed by atoms with E-state index in [0.717, 1.165) is 16.9 Å². The summed E-state index contributed by atoms with van der Waals surface area (Å²) in [6.45, 7) is 2.56. The fraction of sp³-hybridized carbons (Fsp3) is 0.333. The Morgan fingerprint density at radius 1 is 1.58 bits per heavy atom. The molecular weight excluding hydrogens is 174 g/mol. The molecule has 0 radical (unpaired) electrons. The van der Waals surface area contributed by atoms with E-state index in [0.29, 0.717) is 11.6 Å². The van der Waals surface area contributed by atoms with Crippen LogP contribution < -0.4 is 10.5 Å². The molecule has 1 heterocycles. The van der Waals surface area contributed by atoms with Crippen LogP contribution in [-0.4, -0.2) is 6.61 Å². The summed E-state index contributed by atoms with van der Waals surface area (Å²) in [5.41, 5.74) is 8.04. The lowest BCUT2D eigenvalue weighted by molar-refractivity contribution is 0.333. The van der Waals surface area contributed by atoms with Gasteiger partial charge in [-0.15, -0.1) is 0 Å². The van der Waals surface area contributed by atoms with Crippen molar-refractivity contribution in [2.45, 2.75) is 13.0 Å². The van der Waals surface area contributed by atoms with Crippen molar-refractivity contribution >= 4 is 11.6 Å². The van der Waals surface area contributed by atoms with Crippen LogP contribution in [0.25, 0.3) is 0 Å². The van der Waals surface area contributed by atoms with Crippen LogP contribution in [0.4, 0.5) is 0 Å². The summed E-state index contributed by atoms with van der Waals surface area (Å²) >= 11 is 5.93. The highest BCUT2D eigenvalue weighted by Gasteiger charge is 2.24. The number of hydrogen-bond donors (Lipinski definition) is 1. The summed E-state index contributed by atoms with van der Waals surface area (Å²) in [7, 11) is 0. The molecule has 1 aromatic rings. The van der Waals surface area contributed by atoms with Gasteiger partial charge < -0.3 is 10.5 Å². The van der Waals surface area contributed by atoms with Gasteiger partial charge in [0.25, 0.3) is 0 Å². The zero-order valence-corrected chi connectivity index (χ0v) is 7.56. The lowest BCUT2D eigenvalue weighted by atomic mass is 10.0. The van der Waals surface area contributed by atoms with Gasteiger partial charge in [0.15, 0.2) is 0 Å². The molecule has 2 N–H and O–H groups in total. The number of ether oxygens (including phenoxy) is 1. The van der Waals surface area contributed by atoms with Crippen molar-refractivity contribution in [3.05, 3.63) is 28.3 Å². The minimum atomic E-state index is -0.0151. The number of nitrogens with two attached hydrogens (primary N) is 1. The average Bonchev–Trinajstić information content (AvgIpc) is 2.42. The Hall–Kier alpha value is -0.730. The molecule has 2 nitrogen and oxygen atoms in total. The molecule has 64 valence electrons. The molecule has 2 rings (SSSR count). The van der Waals surface area contributed by atoms with Crippen LogP contribution in [0, 0.1) is 6.92 Å². The summed E-state index contributed by atoms with van der Waals surface area (Å²) in [6, 6.07) is 3.79. The van der Waals surface area contributed by atoms with Crippen LogP contribution in [0.3, 0.4) is 0 Å². The molecule has 0 saturated heterocycles. The van der Waals surface area contributed by atoms with E-state index in [1.54, 1.807) is 0 Å². The van der Waals surface area contributed by atoms with Crippen molar-refractivity contribution in [3.63, 3.8) is 0 Å². The van der Waals surface area contributed by atoms with Crippen molar-refractivity contribution in [1.29, 1.82) is 0 Å². The van der Waals surface area contributed by atoms with E-state index < -0.39 is 0 Å². The first kappa shape index (κ1) is 7.90. The van der Waals surface area contributed by atoms with E-state index in [2.05, 4.69) is 0 Å². The molecule has 0 saturated carbocycles. The van der Waals surface area contributed by atoms with Crippen molar-refractivity contribution < 1.29 is 4.74 Å². The highest BCUT2D eigenvalue weighted by molar-refractivity contribution is 6.32. The second kappa shape index (κ2) is 2.64. The van der Waals surface area contributed by atoms with Gasteiger partial charge in [0.05, 0.1) is 11.1 Å². The van der Waals surface area contributed by atoms with Gasteiger partial charge in [0.1, 0.15) is 12.4 Å². The number of halogens is 1. The second-order valence-electron chi connectivity index (χ2n) is 3.02. The summed E-state index contributed by atoms with van der Waals surface area (Å²) < 4.78 is 5.37. The molecule has 3 heteroatoms. The molecule has 0 aromatic heterocycles. The smallest absolute Gasteiger partial charge is 0.143 e. The Kier molecular flexibility index (Phi) is 1.74. The molecule has 12 heavy (non-hydrogen) atoms. The van der Waals surface area contributed by atoms with Gasteiger partial charge in [-0.05, 0) is 18.6 Å². The molecule has 0 unspecified atom stereocenters. The molecule has 0 bridgehead atoms. The fourth-order valence-electron chi connectivity index (χ4n) is 1.54. The standard InChI is InChI=1S/C9H10ClNO/c1-5-2-3-6(10)9-8(5)7(11)4-12-9/h2-3,7H,4,11H2,1H3/t7-/m1/s1. The van der Waals surface area contributed by atoms with Gasteiger partial charge in [-0.25, -0.2) is 0 Å². The zero-order valence-electron chi connectivity index (χ0n) is 6.80. The van der Waals surface area contributed by atoms with Crippen LogP contribution >= 0.6 is 11.6 Å². The Labute approximate surface area is 76.3 Å². The van der Waals surface area contributed by atoms with E-state index in [1.807, 2.05) is 19.1 Å². The number of hydrogen-bond acceptors (Lipinski definition) is 2. The number of aryl methyl sites for hydroxylation is 1. The van der Waals surface area contributed by atoms with Gasteiger partial charge in [-0.1, -0.05) is 17.7 Å². The van der Waals surface area contributed by atoms with E-state index in [4.69, 9.17) is 22.1 Å². The third kappa shape index (κ3) is 0.993. The highest BCUT2D eigenvalue weighted by Crippen LogP contribution is 2.39. The predicted molar refractivity (Wildman–Crippen MR) is 48.6 cm³/mol. The van der Waals surface area contributed by atoms with Crippen LogP contribution in [-0.2, 0) is 0 Å². The molecule has 1 aliphatic heterocycles. The number of fused-ring (bicyclic) bond motifs is 1. The molecule has 0 fully saturated rings. The Balaban J connectivity index is 2.64. The van der Waals surface area contributed by atoms with E-state index >= 15 is 0 Å². The molecule has 1 aliphatic rings. The minimum Gasteiger partial charge on any atom is -0.490 e. The maximum absolute atomic E-state index is 5.93. The third-order valence-corrected chi connectivity index (χ3v) is 2.44. The average molecular weight is 184 g/mol. The summed E-state index contributed by atoms with van der Waals surface area (Å²) in [6.07, 6.45) is 0. The van der Waals surface area contributed by atoms with Gasteiger partial charge in [-0.2, -0.15) is 0 Å². The van der Waals surface area contributed by atoms with Gasteiger partial charge in [-0.3, -0.25) is 0 Å². The van der Waals surface area contributed by atoms with Crippen LogP contribution in [0.1, 0.15) is 17.2 Å². The van der Waals surface area contributed by atoms with Crippen molar-refractivity contribution in [2.24, 2.45) is 5.73 Å². The first-order valence-corrected chi connectivity index (χ1v) is 4.25. The lowest BCUT2D eigenvalue weighted by Crippen LogP contribution is -2.11. The van der Waals surface area contributed by atoms with E-state index in [9.17, 15) is 0 Å². The Morgan fingerprint density at radius 3 is 3.00 bits per heavy atom. The normalized spacial score (nSPS) is 20.4. The monoisotopic (exact) mass is 183 g/mol. The van der Waals surface area contributed by atoms with E-state index in [1.165, 1.54) is 0 Å². The van der Waals surface area contributed by atoms with Crippen molar-refractivity contribution in [1.82, 2.24) is 0 Å². The highest BCUT2D eigenvalue weighted by atomic mass is 35.5. The van der Waals surface area contributed by atoms with E-state index in [-0.39, 0.29) is 6.04 Å².